The minimum atomic E-state index is -0.479. The highest BCUT2D eigenvalue weighted by Crippen LogP contribution is 2.17. The molecule has 1 saturated heterocycles. The van der Waals surface area contributed by atoms with Crippen molar-refractivity contribution in [2.75, 3.05) is 59.5 Å². The van der Waals surface area contributed by atoms with E-state index in [0.29, 0.717) is 19.0 Å². The summed E-state index contributed by atoms with van der Waals surface area (Å²) < 4.78 is 10.4. The number of guanidine groups is 1. The molecule has 0 saturated carbocycles. The summed E-state index contributed by atoms with van der Waals surface area (Å²) in [6.45, 7) is 14.4. The Morgan fingerprint density at radius 1 is 1.15 bits per heavy atom. The summed E-state index contributed by atoms with van der Waals surface area (Å²) in [5.74, 6) is 1.42. The largest absolute Gasteiger partial charge is 0.444 e. The van der Waals surface area contributed by atoms with Gasteiger partial charge in [0.1, 0.15) is 5.60 Å². The van der Waals surface area contributed by atoms with Crippen LogP contribution in [-0.2, 0) is 9.47 Å². The number of carbonyl (C=O) groups is 1. The third-order valence-electron chi connectivity index (χ3n) is 4.26. The molecule has 0 spiro atoms. The zero-order valence-corrected chi connectivity index (χ0v) is 17.8. The lowest BCUT2D eigenvalue weighted by Gasteiger charge is -2.31. The van der Waals surface area contributed by atoms with Gasteiger partial charge in [0.25, 0.3) is 0 Å². The van der Waals surface area contributed by atoms with E-state index in [0.717, 1.165) is 45.3 Å². The van der Waals surface area contributed by atoms with E-state index in [4.69, 9.17) is 14.5 Å². The van der Waals surface area contributed by atoms with Crippen molar-refractivity contribution in [3.05, 3.63) is 0 Å². The van der Waals surface area contributed by atoms with Crippen molar-refractivity contribution in [2.24, 2.45) is 10.9 Å². The Labute approximate surface area is 164 Å². The third kappa shape index (κ3) is 11.7. The number of hydrogen-bond donors (Lipinski definition) is 3. The van der Waals surface area contributed by atoms with Gasteiger partial charge in [-0.25, -0.2) is 4.79 Å². The number of carbonyl (C=O) groups excluding carboxylic acids is 1. The molecule has 0 bridgehead atoms. The van der Waals surface area contributed by atoms with Crippen LogP contribution >= 0.6 is 0 Å². The van der Waals surface area contributed by atoms with Crippen LogP contribution in [0.15, 0.2) is 4.99 Å². The molecule has 0 atom stereocenters. The van der Waals surface area contributed by atoms with Gasteiger partial charge in [-0.3, -0.25) is 4.99 Å². The van der Waals surface area contributed by atoms with E-state index in [2.05, 4.69) is 20.9 Å². The van der Waals surface area contributed by atoms with E-state index in [9.17, 15) is 4.79 Å². The SMILES string of the molecule is CCNC(=NCC1CCN(CCOC)CC1)NCCNC(=O)OC(C)(C)C. The average Bonchev–Trinajstić information content (AvgIpc) is 2.60. The number of nitrogens with one attached hydrogen (secondary N) is 3. The van der Waals surface area contributed by atoms with Gasteiger partial charge in [0.2, 0.25) is 0 Å². The highest BCUT2D eigenvalue weighted by atomic mass is 16.6. The van der Waals surface area contributed by atoms with Gasteiger partial charge in [0.05, 0.1) is 6.61 Å². The van der Waals surface area contributed by atoms with E-state index >= 15 is 0 Å². The number of nitrogens with zero attached hydrogens (tertiary/aromatic N) is 2. The van der Waals surface area contributed by atoms with E-state index in [1.54, 1.807) is 7.11 Å². The highest BCUT2D eigenvalue weighted by molar-refractivity contribution is 5.79. The molecule has 1 fully saturated rings. The third-order valence-corrected chi connectivity index (χ3v) is 4.26. The summed E-state index contributed by atoms with van der Waals surface area (Å²) in [6, 6.07) is 0. The lowest BCUT2D eigenvalue weighted by molar-refractivity contribution is 0.0529. The van der Waals surface area contributed by atoms with Crippen LogP contribution in [0.4, 0.5) is 4.79 Å². The van der Waals surface area contributed by atoms with Crippen LogP contribution in [0.2, 0.25) is 0 Å². The topological polar surface area (TPSA) is 87.2 Å². The van der Waals surface area contributed by atoms with Crippen LogP contribution in [-0.4, -0.2) is 82.1 Å². The normalized spacial score (nSPS) is 16.9. The van der Waals surface area contributed by atoms with Crippen molar-refractivity contribution in [2.45, 2.75) is 46.1 Å². The number of likely N-dealkylation sites (tertiary alicyclic amines) is 1. The predicted octanol–water partition coefficient (Wildman–Crippen LogP) is 1.42. The molecule has 1 rings (SSSR count). The summed E-state index contributed by atoms with van der Waals surface area (Å²) >= 11 is 0. The molecule has 27 heavy (non-hydrogen) atoms. The lowest BCUT2D eigenvalue weighted by Crippen LogP contribution is -2.43. The molecule has 1 aliphatic heterocycles. The molecule has 0 aromatic carbocycles. The van der Waals surface area contributed by atoms with E-state index in [-0.39, 0.29) is 0 Å². The predicted molar refractivity (Wildman–Crippen MR) is 109 cm³/mol. The summed E-state index contributed by atoms with van der Waals surface area (Å²) in [5, 5.41) is 9.25. The van der Waals surface area contributed by atoms with Crippen molar-refractivity contribution in [1.82, 2.24) is 20.9 Å². The Kier molecular flexibility index (Phi) is 11.1. The van der Waals surface area contributed by atoms with Gasteiger partial charge in [-0.1, -0.05) is 0 Å². The number of aliphatic imine (C=N–C) groups is 1. The van der Waals surface area contributed by atoms with Crippen LogP contribution < -0.4 is 16.0 Å². The first kappa shape index (κ1) is 23.5. The van der Waals surface area contributed by atoms with Crippen LogP contribution in [0.1, 0.15) is 40.5 Å². The van der Waals surface area contributed by atoms with E-state index in [1.165, 1.54) is 12.8 Å². The quantitative estimate of drug-likeness (QED) is 0.316. The maximum atomic E-state index is 11.6. The second-order valence-corrected chi connectivity index (χ2v) is 7.85. The van der Waals surface area contributed by atoms with Crippen molar-refractivity contribution in [3.63, 3.8) is 0 Å². The molecule has 0 aliphatic carbocycles. The Balaban J connectivity index is 2.27. The van der Waals surface area contributed by atoms with Crippen molar-refractivity contribution in [3.8, 4) is 0 Å². The molecule has 0 aromatic rings. The molecule has 8 heteroatoms. The average molecular weight is 386 g/mol. The monoisotopic (exact) mass is 385 g/mol. The molecule has 0 aromatic heterocycles. The summed E-state index contributed by atoms with van der Waals surface area (Å²) in [6.07, 6.45) is 1.95. The molecule has 0 radical (unpaired) electrons. The zero-order chi connectivity index (χ0) is 20.1. The highest BCUT2D eigenvalue weighted by Gasteiger charge is 2.19. The number of alkyl carbamates (subject to hydrolysis) is 1. The van der Waals surface area contributed by atoms with Gasteiger partial charge in [0, 0.05) is 39.8 Å². The van der Waals surface area contributed by atoms with Gasteiger partial charge in [-0.05, 0) is 59.5 Å². The van der Waals surface area contributed by atoms with Crippen molar-refractivity contribution >= 4 is 12.1 Å². The molecule has 158 valence electrons. The minimum absolute atomic E-state index is 0.397. The number of methoxy groups -OCH3 is 1. The van der Waals surface area contributed by atoms with Gasteiger partial charge in [-0.15, -0.1) is 0 Å². The molecule has 3 N–H and O–H groups in total. The van der Waals surface area contributed by atoms with Gasteiger partial charge < -0.3 is 30.3 Å². The van der Waals surface area contributed by atoms with Gasteiger partial charge in [-0.2, -0.15) is 0 Å². The Bertz CT molecular complexity index is 443. The van der Waals surface area contributed by atoms with Crippen molar-refractivity contribution in [1.29, 1.82) is 0 Å². The molecular weight excluding hydrogens is 346 g/mol. The van der Waals surface area contributed by atoms with Crippen LogP contribution in [0.25, 0.3) is 0 Å². The van der Waals surface area contributed by atoms with Crippen LogP contribution in [0, 0.1) is 5.92 Å². The molecule has 8 nitrogen and oxygen atoms in total. The second-order valence-electron chi connectivity index (χ2n) is 7.85. The molecule has 0 unspecified atom stereocenters. The van der Waals surface area contributed by atoms with Crippen LogP contribution in [0.5, 0.6) is 0 Å². The molecule has 1 aliphatic rings. The molecule has 1 amide bonds. The maximum absolute atomic E-state index is 11.6. The molecule has 1 heterocycles. The number of amides is 1. The number of ether oxygens (including phenoxy) is 2. The second kappa shape index (κ2) is 12.8. The lowest BCUT2D eigenvalue weighted by atomic mass is 9.97. The Morgan fingerprint density at radius 2 is 1.81 bits per heavy atom. The number of hydrogen-bond acceptors (Lipinski definition) is 5. The zero-order valence-electron chi connectivity index (χ0n) is 17.8. The number of rotatable bonds is 9. The maximum Gasteiger partial charge on any atom is 0.407 e. The first-order valence-electron chi connectivity index (χ1n) is 10.0. The summed E-state index contributed by atoms with van der Waals surface area (Å²) in [4.78, 5) is 18.8. The summed E-state index contributed by atoms with van der Waals surface area (Å²) in [5.41, 5.74) is -0.479. The summed E-state index contributed by atoms with van der Waals surface area (Å²) in [7, 11) is 1.75. The minimum Gasteiger partial charge on any atom is -0.444 e. The van der Waals surface area contributed by atoms with E-state index < -0.39 is 11.7 Å². The Hall–Kier alpha value is -1.54. The van der Waals surface area contributed by atoms with Gasteiger partial charge >= 0.3 is 6.09 Å². The van der Waals surface area contributed by atoms with Crippen LogP contribution in [0.3, 0.4) is 0 Å². The van der Waals surface area contributed by atoms with Crippen molar-refractivity contribution < 1.29 is 14.3 Å². The Morgan fingerprint density at radius 3 is 2.41 bits per heavy atom. The fourth-order valence-corrected chi connectivity index (χ4v) is 2.83. The fourth-order valence-electron chi connectivity index (χ4n) is 2.83. The number of piperidine rings is 1. The standard InChI is InChI=1S/C19H39N5O3/c1-6-20-17(21-9-10-22-18(25)27-19(2,3)4)23-15-16-7-11-24(12-8-16)13-14-26-5/h16H,6-15H2,1-5H3,(H,22,25)(H2,20,21,23). The first-order valence-corrected chi connectivity index (χ1v) is 10.0. The fraction of sp³-hybridized carbons (Fsp3) is 0.895. The van der Waals surface area contributed by atoms with E-state index in [1.807, 2.05) is 27.7 Å². The van der Waals surface area contributed by atoms with Gasteiger partial charge in [0.15, 0.2) is 5.96 Å². The first-order chi connectivity index (χ1) is 12.8. The molecular formula is C19H39N5O3. The smallest absolute Gasteiger partial charge is 0.407 e.